The van der Waals surface area contributed by atoms with Crippen LogP contribution in [-0.4, -0.2) is 46.5 Å². The molecule has 0 unspecified atom stereocenters. The van der Waals surface area contributed by atoms with Crippen molar-refractivity contribution in [1.82, 2.24) is 10.3 Å². The molecule has 1 aliphatic rings. The standard InChI is InChI=1S/C26H31N3O4S/c1-18-7-9-22-24(28-18)5-4-6-26(22)33-16-13-21(19-11-14-27-15-12-19)23-17-20(29-34(3,30)31)8-10-25(23)32-2/h4-10,17,27,29H,11-16H2,1-3H3. The minimum absolute atomic E-state index is 0.478. The quantitative estimate of drug-likeness (QED) is 0.491. The molecule has 34 heavy (non-hydrogen) atoms. The number of sulfonamides is 1. The topological polar surface area (TPSA) is 89.5 Å². The van der Waals surface area contributed by atoms with Crippen molar-refractivity contribution in [2.24, 2.45) is 0 Å². The molecule has 1 aromatic heterocycles. The van der Waals surface area contributed by atoms with Crippen LogP contribution in [0.5, 0.6) is 11.5 Å². The summed E-state index contributed by atoms with van der Waals surface area (Å²) < 4.78 is 38.1. The van der Waals surface area contributed by atoms with Crippen molar-refractivity contribution in [1.29, 1.82) is 0 Å². The molecule has 0 spiro atoms. The second-order valence-corrected chi connectivity index (χ2v) is 10.2. The number of pyridine rings is 1. The first-order valence-corrected chi connectivity index (χ1v) is 13.3. The highest BCUT2D eigenvalue weighted by molar-refractivity contribution is 7.92. The Morgan fingerprint density at radius 3 is 2.62 bits per heavy atom. The molecule has 8 heteroatoms. The van der Waals surface area contributed by atoms with E-state index in [-0.39, 0.29) is 0 Å². The van der Waals surface area contributed by atoms with Gasteiger partial charge in [0.2, 0.25) is 10.0 Å². The average molecular weight is 482 g/mol. The number of nitrogens with one attached hydrogen (secondary N) is 2. The predicted octanol–water partition coefficient (Wildman–Crippen LogP) is 4.53. The van der Waals surface area contributed by atoms with E-state index < -0.39 is 10.0 Å². The summed E-state index contributed by atoms with van der Waals surface area (Å²) in [4.78, 5) is 4.59. The van der Waals surface area contributed by atoms with E-state index in [4.69, 9.17) is 9.47 Å². The summed E-state index contributed by atoms with van der Waals surface area (Å²) in [5, 5.41) is 4.39. The Bertz CT molecular complexity index is 1310. The fourth-order valence-corrected chi connectivity index (χ4v) is 4.93. The Kier molecular flexibility index (Phi) is 7.38. The minimum atomic E-state index is -3.39. The van der Waals surface area contributed by atoms with E-state index in [2.05, 4.69) is 15.0 Å². The van der Waals surface area contributed by atoms with Crippen LogP contribution < -0.4 is 19.5 Å². The van der Waals surface area contributed by atoms with Crippen LogP contribution in [0.25, 0.3) is 16.5 Å². The lowest BCUT2D eigenvalue weighted by atomic mass is 9.91. The van der Waals surface area contributed by atoms with Gasteiger partial charge >= 0.3 is 0 Å². The number of rotatable bonds is 8. The molecule has 7 nitrogen and oxygen atoms in total. The Hall–Kier alpha value is -3.10. The van der Waals surface area contributed by atoms with E-state index in [0.29, 0.717) is 24.5 Å². The van der Waals surface area contributed by atoms with Crippen LogP contribution in [0, 0.1) is 6.92 Å². The van der Waals surface area contributed by atoms with Crippen LogP contribution in [0.4, 0.5) is 5.69 Å². The molecule has 0 bridgehead atoms. The first kappa shape index (κ1) is 24.0. The van der Waals surface area contributed by atoms with Gasteiger partial charge in [-0.1, -0.05) is 11.6 Å². The number of methoxy groups -OCH3 is 1. The van der Waals surface area contributed by atoms with Gasteiger partial charge in [-0.3, -0.25) is 9.71 Å². The number of fused-ring (bicyclic) bond motifs is 1. The molecule has 0 aliphatic carbocycles. The largest absolute Gasteiger partial charge is 0.496 e. The maximum atomic E-state index is 11.8. The number of hydrogen-bond acceptors (Lipinski definition) is 6. The highest BCUT2D eigenvalue weighted by atomic mass is 32.2. The SMILES string of the molecule is COc1ccc(NS(C)(=O)=O)cc1C(CCOc1cccc2nc(C)ccc12)=C1CCNCC1. The van der Waals surface area contributed by atoms with Crippen molar-refractivity contribution in [3.63, 3.8) is 0 Å². The maximum absolute atomic E-state index is 11.8. The third-order valence-electron chi connectivity index (χ3n) is 5.90. The summed E-state index contributed by atoms with van der Waals surface area (Å²) in [6.45, 7) is 4.28. The summed E-state index contributed by atoms with van der Waals surface area (Å²) in [5.41, 5.74) is 5.78. The molecule has 4 rings (SSSR count). The van der Waals surface area contributed by atoms with E-state index in [0.717, 1.165) is 65.7 Å². The monoisotopic (exact) mass is 481 g/mol. The molecular formula is C26H31N3O4S. The Labute approximate surface area is 201 Å². The number of anilines is 1. The van der Waals surface area contributed by atoms with Gasteiger partial charge in [0.25, 0.3) is 0 Å². The zero-order chi connectivity index (χ0) is 24.1. The van der Waals surface area contributed by atoms with Gasteiger partial charge in [-0.15, -0.1) is 0 Å². The zero-order valence-corrected chi connectivity index (χ0v) is 20.7. The Balaban J connectivity index is 1.64. The molecule has 2 aromatic carbocycles. The number of aromatic nitrogens is 1. The molecule has 1 aliphatic heterocycles. The van der Waals surface area contributed by atoms with Crippen LogP contribution in [0.2, 0.25) is 0 Å². The molecule has 1 fully saturated rings. The summed E-state index contributed by atoms with van der Waals surface area (Å²) in [7, 11) is -1.75. The van der Waals surface area contributed by atoms with E-state index in [1.807, 2.05) is 49.4 Å². The number of hydrogen-bond donors (Lipinski definition) is 2. The van der Waals surface area contributed by atoms with Crippen LogP contribution in [0.1, 0.15) is 30.5 Å². The molecule has 2 heterocycles. The van der Waals surface area contributed by atoms with Gasteiger partial charge in [0.15, 0.2) is 0 Å². The highest BCUT2D eigenvalue weighted by Gasteiger charge is 2.18. The number of piperidine rings is 1. The van der Waals surface area contributed by atoms with Gasteiger partial charge in [0, 0.05) is 28.8 Å². The predicted molar refractivity (Wildman–Crippen MR) is 137 cm³/mol. The van der Waals surface area contributed by atoms with Gasteiger partial charge in [-0.05, 0) is 80.9 Å². The molecule has 0 atom stereocenters. The number of aryl methyl sites for hydroxylation is 1. The third-order valence-corrected chi connectivity index (χ3v) is 6.51. The highest BCUT2D eigenvalue weighted by Crippen LogP contribution is 2.36. The van der Waals surface area contributed by atoms with E-state index in [1.165, 1.54) is 5.57 Å². The van der Waals surface area contributed by atoms with Crippen LogP contribution in [0.15, 0.2) is 54.1 Å². The Morgan fingerprint density at radius 1 is 1.09 bits per heavy atom. The van der Waals surface area contributed by atoms with E-state index in [9.17, 15) is 8.42 Å². The van der Waals surface area contributed by atoms with Crippen LogP contribution in [-0.2, 0) is 10.0 Å². The third kappa shape index (κ3) is 5.87. The van der Waals surface area contributed by atoms with Crippen molar-refractivity contribution in [2.75, 3.05) is 37.8 Å². The van der Waals surface area contributed by atoms with Gasteiger partial charge in [-0.25, -0.2) is 8.42 Å². The lowest BCUT2D eigenvalue weighted by molar-refractivity contribution is 0.330. The molecule has 3 aromatic rings. The lowest BCUT2D eigenvalue weighted by Gasteiger charge is -2.23. The zero-order valence-electron chi connectivity index (χ0n) is 19.8. The van der Waals surface area contributed by atoms with Gasteiger partial charge in [0.05, 0.1) is 25.5 Å². The van der Waals surface area contributed by atoms with Gasteiger partial charge in [-0.2, -0.15) is 0 Å². The second kappa shape index (κ2) is 10.4. The fraction of sp³-hybridized carbons (Fsp3) is 0.346. The molecule has 0 amide bonds. The lowest BCUT2D eigenvalue weighted by Crippen LogP contribution is -2.24. The first-order chi connectivity index (χ1) is 16.3. The van der Waals surface area contributed by atoms with E-state index >= 15 is 0 Å². The second-order valence-electron chi connectivity index (χ2n) is 8.50. The van der Waals surface area contributed by atoms with Gasteiger partial charge in [0.1, 0.15) is 11.5 Å². The normalized spacial score (nSPS) is 14.1. The fourth-order valence-electron chi connectivity index (χ4n) is 4.37. The number of nitrogens with zero attached hydrogens (tertiary/aromatic N) is 1. The van der Waals surface area contributed by atoms with Crippen molar-refractivity contribution >= 4 is 32.2 Å². The summed E-state index contributed by atoms with van der Waals surface area (Å²) >= 11 is 0. The molecule has 0 radical (unpaired) electrons. The first-order valence-electron chi connectivity index (χ1n) is 11.4. The summed E-state index contributed by atoms with van der Waals surface area (Å²) in [6, 6.07) is 15.3. The number of benzene rings is 2. The van der Waals surface area contributed by atoms with Crippen molar-refractivity contribution < 1.29 is 17.9 Å². The summed E-state index contributed by atoms with van der Waals surface area (Å²) in [5.74, 6) is 1.52. The van der Waals surface area contributed by atoms with Crippen molar-refractivity contribution in [3.05, 3.63) is 65.4 Å². The molecule has 1 saturated heterocycles. The minimum Gasteiger partial charge on any atom is -0.496 e. The average Bonchev–Trinajstić information content (AvgIpc) is 2.81. The smallest absolute Gasteiger partial charge is 0.229 e. The molecule has 0 saturated carbocycles. The molecular weight excluding hydrogens is 450 g/mol. The Morgan fingerprint density at radius 2 is 1.88 bits per heavy atom. The van der Waals surface area contributed by atoms with Crippen molar-refractivity contribution in [2.45, 2.75) is 26.2 Å². The number of ether oxygens (including phenoxy) is 2. The maximum Gasteiger partial charge on any atom is 0.229 e. The van der Waals surface area contributed by atoms with Crippen molar-refractivity contribution in [3.8, 4) is 11.5 Å². The van der Waals surface area contributed by atoms with Crippen LogP contribution in [0.3, 0.4) is 0 Å². The van der Waals surface area contributed by atoms with E-state index in [1.54, 1.807) is 13.2 Å². The molecule has 2 N–H and O–H groups in total. The summed E-state index contributed by atoms with van der Waals surface area (Å²) in [6.07, 6.45) is 3.68. The molecule has 180 valence electrons. The van der Waals surface area contributed by atoms with Crippen LogP contribution >= 0.6 is 0 Å². The van der Waals surface area contributed by atoms with Gasteiger partial charge < -0.3 is 14.8 Å².